The van der Waals surface area contributed by atoms with Gasteiger partial charge in [-0.2, -0.15) is 0 Å². The van der Waals surface area contributed by atoms with Crippen LogP contribution in [0.4, 0.5) is 8.78 Å². The molecule has 0 saturated carbocycles. The monoisotopic (exact) mass is 287 g/mol. The zero-order valence-electron chi connectivity index (χ0n) is 11.6. The second-order valence-corrected chi connectivity index (χ2v) is 4.93. The maximum Gasteiger partial charge on any atom is 0.225 e. The van der Waals surface area contributed by atoms with Gasteiger partial charge in [-0.3, -0.25) is 4.79 Å². The number of benzene rings is 1. The number of carbonyl (C=O) groups excluding carboxylic acids is 1. The summed E-state index contributed by atoms with van der Waals surface area (Å²) in [6.45, 7) is 1.81. The highest BCUT2D eigenvalue weighted by molar-refractivity contribution is 5.79. The maximum atomic E-state index is 13.4. The first-order valence-corrected chi connectivity index (χ1v) is 6.25. The number of amides is 1. The summed E-state index contributed by atoms with van der Waals surface area (Å²) in [4.78, 5) is 11.9. The summed E-state index contributed by atoms with van der Waals surface area (Å²) in [6.07, 6.45) is 0.0343. The van der Waals surface area contributed by atoms with Gasteiger partial charge in [-0.05, 0) is 31.5 Å². The van der Waals surface area contributed by atoms with Crippen molar-refractivity contribution in [3.63, 3.8) is 0 Å². The van der Waals surface area contributed by atoms with E-state index in [2.05, 4.69) is 5.32 Å². The summed E-state index contributed by atoms with van der Waals surface area (Å²) in [5.74, 6) is -1.68. The van der Waals surface area contributed by atoms with E-state index in [0.29, 0.717) is 6.42 Å². The van der Waals surface area contributed by atoms with Gasteiger partial charge in [0.05, 0.1) is 18.6 Å². The molecule has 0 saturated heterocycles. The van der Waals surface area contributed by atoms with Crippen LogP contribution in [0.15, 0.2) is 18.2 Å². The molecular weight excluding hydrogens is 268 g/mol. The van der Waals surface area contributed by atoms with Crippen molar-refractivity contribution in [2.75, 3.05) is 20.3 Å². The summed E-state index contributed by atoms with van der Waals surface area (Å²) in [7, 11) is 1.48. The molecule has 0 aromatic heterocycles. The Bertz CT molecular complexity index is 460. The lowest BCUT2D eigenvalue weighted by atomic mass is 9.98. The van der Waals surface area contributed by atoms with Gasteiger partial charge in [0.25, 0.3) is 0 Å². The number of methoxy groups -OCH3 is 1. The molecule has 112 valence electrons. The first kappa shape index (κ1) is 16.5. The zero-order valence-corrected chi connectivity index (χ0v) is 11.6. The fourth-order valence-electron chi connectivity index (χ4n) is 1.97. The summed E-state index contributed by atoms with van der Waals surface area (Å²) >= 11 is 0. The summed E-state index contributed by atoms with van der Waals surface area (Å²) in [5.41, 5.74) is -0.754. The second-order valence-electron chi connectivity index (χ2n) is 4.93. The predicted octanol–water partition coefficient (Wildman–Crippen LogP) is 1.41. The van der Waals surface area contributed by atoms with Crippen LogP contribution in [0, 0.1) is 11.6 Å². The van der Waals surface area contributed by atoms with Crippen molar-refractivity contribution < 1.29 is 23.4 Å². The molecule has 0 bridgehead atoms. The SMILES string of the molecule is COCC(C)(CCO)NC(=O)Cc1cc(F)ccc1F. The third-order valence-electron chi connectivity index (χ3n) is 2.93. The largest absolute Gasteiger partial charge is 0.396 e. The second kappa shape index (κ2) is 7.31. The number of aliphatic hydroxyl groups excluding tert-OH is 1. The molecule has 0 heterocycles. The molecule has 1 aromatic rings. The number of rotatable bonds is 7. The van der Waals surface area contributed by atoms with Crippen LogP contribution in [0.25, 0.3) is 0 Å². The van der Waals surface area contributed by atoms with Crippen LogP contribution >= 0.6 is 0 Å². The van der Waals surface area contributed by atoms with Crippen molar-refractivity contribution in [3.8, 4) is 0 Å². The molecule has 1 rings (SSSR count). The van der Waals surface area contributed by atoms with Crippen LogP contribution in [0.1, 0.15) is 18.9 Å². The molecular formula is C14H19F2NO3. The van der Waals surface area contributed by atoms with E-state index in [1.54, 1.807) is 6.92 Å². The molecule has 1 aromatic carbocycles. The fourth-order valence-corrected chi connectivity index (χ4v) is 1.97. The Hall–Kier alpha value is -1.53. The van der Waals surface area contributed by atoms with Gasteiger partial charge in [0, 0.05) is 19.3 Å². The molecule has 2 N–H and O–H groups in total. The number of carbonyl (C=O) groups is 1. The third kappa shape index (κ3) is 4.86. The van der Waals surface area contributed by atoms with Gasteiger partial charge in [-0.1, -0.05) is 0 Å². The van der Waals surface area contributed by atoms with E-state index in [1.165, 1.54) is 7.11 Å². The Kier molecular flexibility index (Phi) is 6.04. The smallest absolute Gasteiger partial charge is 0.225 e. The zero-order chi connectivity index (χ0) is 15.2. The fraction of sp³-hybridized carbons (Fsp3) is 0.500. The third-order valence-corrected chi connectivity index (χ3v) is 2.93. The average Bonchev–Trinajstić information content (AvgIpc) is 2.34. The standard InChI is InChI=1S/C14H19F2NO3/c1-14(5-6-18,9-20-2)17-13(19)8-10-7-11(15)3-4-12(10)16/h3-4,7,18H,5-6,8-9H2,1-2H3,(H,17,19). The minimum Gasteiger partial charge on any atom is -0.396 e. The summed E-state index contributed by atoms with van der Waals surface area (Å²) < 4.78 is 31.5. The van der Waals surface area contributed by atoms with E-state index in [1.807, 2.05) is 0 Å². The summed E-state index contributed by atoms with van der Waals surface area (Å²) in [5, 5.41) is 11.7. The lowest BCUT2D eigenvalue weighted by Crippen LogP contribution is -2.50. The Labute approximate surface area is 116 Å². The van der Waals surface area contributed by atoms with E-state index < -0.39 is 23.1 Å². The number of aliphatic hydroxyl groups is 1. The van der Waals surface area contributed by atoms with Crippen molar-refractivity contribution in [2.45, 2.75) is 25.3 Å². The van der Waals surface area contributed by atoms with Gasteiger partial charge in [0.15, 0.2) is 0 Å². The number of ether oxygens (including phenoxy) is 1. The molecule has 4 nitrogen and oxygen atoms in total. The highest BCUT2D eigenvalue weighted by Gasteiger charge is 2.26. The average molecular weight is 287 g/mol. The number of halogens is 2. The van der Waals surface area contributed by atoms with E-state index in [4.69, 9.17) is 9.84 Å². The molecule has 0 aliphatic carbocycles. The van der Waals surface area contributed by atoms with Crippen LogP contribution < -0.4 is 5.32 Å². The molecule has 0 fully saturated rings. The molecule has 0 radical (unpaired) electrons. The highest BCUT2D eigenvalue weighted by atomic mass is 19.1. The Morgan fingerprint density at radius 3 is 2.75 bits per heavy atom. The van der Waals surface area contributed by atoms with E-state index in [9.17, 15) is 13.6 Å². The van der Waals surface area contributed by atoms with Crippen molar-refractivity contribution in [3.05, 3.63) is 35.4 Å². The first-order valence-electron chi connectivity index (χ1n) is 6.25. The van der Waals surface area contributed by atoms with E-state index >= 15 is 0 Å². The van der Waals surface area contributed by atoms with E-state index in [-0.39, 0.29) is 25.2 Å². The van der Waals surface area contributed by atoms with Crippen molar-refractivity contribution in [1.29, 1.82) is 0 Å². The topological polar surface area (TPSA) is 58.6 Å². The quantitative estimate of drug-likeness (QED) is 0.797. The van der Waals surface area contributed by atoms with Gasteiger partial charge in [-0.25, -0.2) is 8.78 Å². The van der Waals surface area contributed by atoms with Crippen molar-refractivity contribution >= 4 is 5.91 Å². The van der Waals surface area contributed by atoms with Crippen LogP contribution in [0.3, 0.4) is 0 Å². The van der Waals surface area contributed by atoms with Crippen LogP contribution in [-0.4, -0.2) is 36.9 Å². The highest BCUT2D eigenvalue weighted by Crippen LogP contribution is 2.13. The number of nitrogens with one attached hydrogen (secondary N) is 1. The normalized spacial score (nSPS) is 13.8. The number of hydrogen-bond donors (Lipinski definition) is 2. The minimum absolute atomic E-state index is 0.00809. The molecule has 0 spiro atoms. The Morgan fingerprint density at radius 1 is 1.45 bits per heavy atom. The van der Waals surface area contributed by atoms with Crippen LogP contribution in [0.2, 0.25) is 0 Å². The Morgan fingerprint density at radius 2 is 2.15 bits per heavy atom. The molecule has 6 heteroatoms. The van der Waals surface area contributed by atoms with Crippen molar-refractivity contribution in [1.82, 2.24) is 5.32 Å². The Balaban J connectivity index is 2.72. The minimum atomic E-state index is -0.746. The molecule has 1 atom stereocenters. The molecule has 0 aliphatic rings. The van der Waals surface area contributed by atoms with Crippen LogP contribution in [-0.2, 0) is 16.0 Å². The van der Waals surface area contributed by atoms with Gasteiger partial charge in [-0.15, -0.1) is 0 Å². The molecule has 1 amide bonds. The van der Waals surface area contributed by atoms with Gasteiger partial charge < -0.3 is 15.2 Å². The predicted molar refractivity (Wildman–Crippen MR) is 70.2 cm³/mol. The molecule has 0 aliphatic heterocycles. The van der Waals surface area contributed by atoms with Crippen LogP contribution in [0.5, 0.6) is 0 Å². The van der Waals surface area contributed by atoms with Gasteiger partial charge >= 0.3 is 0 Å². The molecule has 20 heavy (non-hydrogen) atoms. The lowest BCUT2D eigenvalue weighted by Gasteiger charge is -2.29. The van der Waals surface area contributed by atoms with E-state index in [0.717, 1.165) is 18.2 Å². The van der Waals surface area contributed by atoms with Gasteiger partial charge in [0.1, 0.15) is 11.6 Å². The maximum absolute atomic E-state index is 13.4. The first-order chi connectivity index (χ1) is 9.40. The van der Waals surface area contributed by atoms with Gasteiger partial charge in [0.2, 0.25) is 5.91 Å². The number of hydrogen-bond acceptors (Lipinski definition) is 3. The summed E-state index contributed by atoms with van der Waals surface area (Å²) in [6, 6.07) is 2.98. The van der Waals surface area contributed by atoms with Crippen molar-refractivity contribution in [2.24, 2.45) is 0 Å². The lowest BCUT2D eigenvalue weighted by molar-refractivity contribution is -0.123. The molecule has 1 unspecified atom stereocenters.